The van der Waals surface area contributed by atoms with Crippen LogP contribution in [0.25, 0.3) is 0 Å². The SMILES string of the molecule is CC1CC(C)(C)NC(CCC(I)(C[C@H]2O[C@@H](n3cc(F)c(=O)[nH]c3=O)C[C@@H]2O[Si](C)(C)C(C)(C)C)CN(C)P(=O)(O)O)O1. The van der Waals surface area contributed by atoms with E-state index in [0.717, 1.165) is 21.9 Å². The molecule has 1 aromatic rings. The summed E-state index contributed by atoms with van der Waals surface area (Å²) < 4.78 is 47.2. The zero-order chi connectivity index (χ0) is 32.8. The second-order valence-electron chi connectivity index (χ2n) is 14.3. The summed E-state index contributed by atoms with van der Waals surface area (Å²) >= 11 is 2.26. The summed E-state index contributed by atoms with van der Waals surface area (Å²) in [6, 6.07) is 0. The Balaban J connectivity index is 1.95. The molecule has 12 nitrogen and oxygen atoms in total. The number of aromatic nitrogens is 2. The van der Waals surface area contributed by atoms with Gasteiger partial charge in [0.2, 0.25) is 5.82 Å². The van der Waals surface area contributed by atoms with Crippen LogP contribution in [-0.2, 0) is 18.5 Å². The van der Waals surface area contributed by atoms with E-state index in [9.17, 15) is 28.3 Å². The fraction of sp³-hybridized carbons (Fsp3) is 0.852. The number of aromatic amines is 1. The van der Waals surface area contributed by atoms with Gasteiger partial charge in [-0.3, -0.25) is 19.7 Å². The van der Waals surface area contributed by atoms with Gasteiger partial charge in [0, 0.05) is 21.9 Å². The van der Waals surface area contributed by atoms with Gasteiger partial charge in [-0.1, -0.05) is 43.4 Å². The van der Waals surface area contributed by atoms with Crippen LogP contribution in [0.1, 0.15) is 79.9 Å². The van der Waals surface area contributed by atoms with Crippen LogP contribution >= 0.6 is 30.3 Å². The van der Waals surface area contributed by atoms with Crippen LogP contribution in [0.3, 0.4) is 0 Å². The maximum atomic E-state index is 14.2. The Hall–Kier alpha value is -0.493. The van der Waals surface area contributed by atoms with Crippen molar-refractivity contribution in [1.29, 1.82) is 0 Å². The maximum Gasteiger partial charge on any atom is 0.402 e. The first-order valence-corrected chi connectivity index (χ1v) is 20.2. The Bertz CT molecular complexity index is 1300. The van der Waals surface area contributed by atoms with Gasteiger partial charge in [-0.15, -0.1) is 0 Å². The van der Waals surface area contributed by atoms with Gasteiger partial charge < -0.3 is 23.7 Å². The molecule has 3 unspecified atom stereocenters. The van der Waals surface area contributed by atoms with E-state index in [1.165, 1.54) is 7.05 Å². The molecule has 0 aromatic carbocycles. The predicted octanol–water partition coefficient (Wildman–Crippen LogP) is 4.23. The lowest BCUT2D eigenvalue weighted by atomic mass is 9.91. The number of ether oxygens (including phenoxy) is 2. The van der Waals surface area contributed by atoms with Gasteiger partial charge in [-0.2, -0.15) is 4.39 Å². The van der Waals surface area contributed by atoms with E-state index in [1.54, 1.807) is 0 Å². The van der Waals surface area contributed by atoms with Crippen LogP contribution in [0, 0.1) is 5.82 Å². The molecule has 2 fully saturated rings. The standard InChI is InChI=1S/C27H49FIN4O8PSi/c1-17-13-26(5,6)31-21(39-17)10-11-27(29,16-32(7)42(36,37)38)14-20-19(41-43(8,9)25(2,3)4)12-22(40-20)33-15-18(28)23(34)30-24(33)35/h15,17,19-22,31H,10-14,16H2,1-9H3,(H,30,34,35)(H2,36,37,38)/t17?,19-,20+,21?,22+,27?/m0/s1. The van der Waals surface area contributed by atoms with Crippen LogP contribution in [0.15, 0.2) is 15.8 Å². The second kappa shape index (κ2) is 13.3. The van der Waals surface area contributed by atoms with Crippen molar-refractivity contribution in [3.05, 3.63) is 32.9 Å². The Morgan fingerprint density at radius 1 is 1.28 bits per heavy atom. The maximum absolute atomic E-state index is 14.2. The Labute approximate surface area is 267 Å². The fourth-order valence-corrected chi connectivity index (χ4v) is 8.96. The van der Waals surface area contributed by atoms with Crippen molar-refractivity contribution in [2.75, 3.05) is 13.6 Å². The van der Waals surface area contributed by atoms with Gasteiger partial charge in [-0.25, -0.2) is 14.0 Å². The first kappa shape index (κ1) is 37.0. The molecule has 248 valence electrons. The summed E-state index contributed by atoms with van der Waals surface area (Å²) in [7, 11) is -5.50. The molecular formula is C27H49FIN4O8PSi. The molecular weight excluding hydrogens is 713 g/mol. The van der Waals surface area contributed by atoms with Crippen molar-refractivity contribution in [1.82, 2.24) is 19.5 Å². The van der Waals surface area contributed by atoms with E-state index in [0.29, 0.717) is 19.3 Å². The van der Waals surface area contributed by atoms with E-state index >= 15 is 0 Å². The molecule has 0 saturated carbocycles. The lowest BCUT2D eigenvalue weighted by molar-refractivity contribution is -0.0922. The third-order valence-electron chi connectivity index (χ3n) is 8.79. The van der Waals surface area contributed by atoms with Gasteiger partial charge in [0.15, 0.2) is 8.32 Å². The molecule has 6 atom stereocenters. The van der Waals surface area contributed by atoms with Crippen LogP contribution in [-0.4, -0.2) is 79.4 Å². The number of alkyl halides is 1. The summed E-state index contributed by atoms with van der Waals surface area (Å²) in [5, 5.41) is 3.40. The number of rotatable bonds is 11. The van der Waals surface area contributed by atoms with E-state index in [2.05, 4.69) is 75.6 Å². The van der Waals surface area contributed by atoms with E-state index < -0.39 is 55.0 Å². The minimum absolute atomic E-state index is 0.0497. The summed E-state index contributed by atoms with van der Waals surface area (Å²) in [6.07, 6.45) is 1.24. The zero-order valence-corrected chi connectivity index (χ0v) is 30.7. The molecule has 0 radical (unpaired) electrons. The molecule has 2 aliphatic heterocycles. The molecule has 43 heavy (non-hydrogen) atoms. The van der Waals surface area contributed by atoms with Gasteiger partial charge >= 0.3 is 13.4 Å². The van der Waals surface area contributed by atoms with Crippen molar-refractivity contribution < 1.29 is 32.6 Å². The van der Waals surface area contributed by atoms with Crippen LogP contribution < -0.4 is 16.6 Å². The number of halogens is 2. The van der Waals surface area contributed by atoms with Crippen molar-refractivity contribution in [3.8, 4) is 0 Å². The lowest BCUT2D eigenvalue weighted by Crippen LogP contribution is -2.55. The fourth-order valence-electron chi connectivity index (χ4n) is 5.62. The minimum Gasteiger partial charge on any atom is -0.411 e. The van der Waals surface area contributed by atoms with Crippen molar-refractivity contribution in [2.24, 2.45) is 0 Å². The highest BCUT2D eigenvalue weighted by Crippen LogP contribution is 2.47. The normalized spacial score (nSPS) is 28.3. The van der Waals surface area contributed by atoms with Crippen molar-refractivity contribution in [2.45, 2.75) is 132 Å². The second-order valence-corrected chi connectivity index (χ2v) is 23.1. The lowest BCUT2D eigenvalue weighted by Gasteiger charge is -2.43. The average molecular weight is 763 g/mol. The largest absolute Gasteiger partial charge is 0.411 e. The van der Waals surface area contributed by atoms with Gasteiger partial charge in [0.05, 0.1) is 24.5 Å². The summed E-state index contributed by atoms with van der Waals surface area (Å²) in [4.78, 5) is 46.2. The molecule has 0 bridgehead atoms. The summed E-state index contributed by atoms with van der Waals surface area (Å²) in [5.41, 5.74) is -2.02. The zero-order valence-electron chi connectivity index (χ0n) is 26.6. The molecule has 3 heterocycles. The average Bonchev–Trinajstić information content (AvgIpc) is 3.18. The smallest absolute Gasteiger partial charge is 0.402 e. The van der Waals surface area contributed by atoms with Crippen LogP contribution in [0.2, 0.25) is 18.1 Å². The molecule has 4 N–H and O–H groups in total. The summed E-state index contributed by atoms with van der Waals surface area (Å²) in [6.45, 7) is 16.9. The minimum atomic E-state index is -4.54. The Morgan fingerprint density at radius 2 is 1.91 bits per heavy atom. The number of nitrogens with one attached hydrogen (secondary N) is 2. The predicted molar refractivity (Wildman–Crippen MR) is 173 cm³/mol. The molecule has 3 rings (SSSR count). The third kappa shape index (κ3) is 9.75. The number of hydrogen-bond acceptors (Lipinski definition) is 7. The third-order valence-corrected chi connectivity index (χ3v) is 15.6. The van der Waals surface area contributed by atoms with Crippen LogP contribution in [0.4, 0.5) is 4.39 Å². The quantitative estimate of drug-likeness (QED) is 0.112. The highest BCUT2D eigenvalue weighted by molar-refractivity contribution is 14.1. The van der Waals surface area contributed by atoms with Crippen molar-refractivity contribution in [3.63, 3.8) is 0 Å². The number of hydrogen-bond donors (Lipinski definition) is 4. The molecule has 0 amide bonds. The topological polar surface area (TPSA) is 155 Å². The van der Waals surface area contributed by atoms with Crippen LogP contribution in [0.5, 0.6) is 0 Å². The van der Waals surface area contributed by atoms with E-state index in [1.807, 2.05) is 11.9 Å². The first-order chi connectivity index (χ1) is 19.4. The van der Waals surface area contributed by atoms with E-state index in [4.69, 9.17) is 13.9 Å². The monoisotopic (exact) mass is 762 g/mol. The number of H-pyrrole nitrogens is 1. The molecule has 0 aliphatic carbocycles. The molecule has 2 aliphatic rings. The molecule has 2 saturated heterocycles. The van der Waals surface area contributed by atoms with Crippen molar-refractivity contribution >= 4 is 38.7 Å². The first-order valence-electron chi connectivity index (χ1n) is 14.6. The Morgan fingerprint density at radius 3 is 2.47 bits per heavy atom. The highest BCUT2D eigenvalue weighted by Gasteiger charge is 2.48. The van der Waals surface area contributed by atoms with E-state index in [-0.39, 0.29) is 35.9 Å². The molecule has 1 aromatic heterocycles. The molecule has 16 heteroatoms. The molecule has 0 spiro atoms. The Kier molecular flexibility index (Phi) is 11.5. The van der Waals surface area contributed by atoms with Gasteiger partial charge in [0.1, 0.15) is 12.5 Å². The summed E-state index contributed by atoms with van der Waals surface area (Å²) in [5.74, 6) is -1.10. The highest BCUT2D eigenvalue weighted by atomic mass is 127. The van der Waals surface area contributed by atoms with Gasteiger partial charge in [-0.05, 0) is 71.6 Å². The van der Waals surface area contributed by atoms with Gasteiger partial charge in [0.25, 0.3) is 5.56 Å². The number of nitrogens with zero attached hydrogens (tertiary/aromatic N) is 2.